The van der Waals surface area contributed by atoms with Gasteiger partial charge < -0.3 is 14.8 Å². The number of carbonyl (C=O) groups is 1. The monoisotopic (exact) mass is 621 g/mol. The van der Waals surface area contributed by atoms with Crippen LogP contribution in [0.2, 0.25) is 0 Å². The standard InChI is InChI=1S/C37H44FN7O/c1-23(2)44-22-40-31-19-30(42-34(33(31)44)41-29-10-14-39-20-28(29)38)24-8-9-27-32(16-24)45(35(46)37(27)11-6-5-7-12-37)26-17-25(18-26)43-15-13-36(3,4)21-43/h8-10,14,16,19-20,22-23,25-26H,5-7,11-13,15,17-18,21H2,1-4H3,(H,39,41,42). The van der Waals surface area contributed by atoms with E-state index in [1.54, 1.807) is 12.3 Å². The van der Waals surface area contributed by atoms with Crippen LogP contribution in [0.5, 0.6) is 0 Å². The summed E-state index contributed by atoms with van der Waals surface area (Å²) in [5, 5.41) is 3.24. The van der Waals surface area contributed by atoms with Gasteiger partial charge in [0.05, 0.1) is 34.8 Å². The van der Waals surface area contributed by atoms with Crippen molar-refractivity contribution in [2.24, 2.45) is 5.41 Å². The van der Waals surface area contributed by atoms with Crippen LogP contribution in [0.1, 0.15) is 90.7 Å². The highest BCUT2D eigenvalue weighted by Crippen LogP contribution is 2.53. The lowest BCUT2D eigenvalue weighted by molar-refractivity contribution is -0.125. The second-order valence-corrected chi connectivity index (χ2v) is 15.2. The molecule has 240 valence electrons. The number of carbonyl (C=O) groups excluding carboxylic acids is 1. The summed E-state index contributed by atoms with van der Waals surface area (Å²) in [6.45, 7) is 11.2. The molecule has 0 unspecified atom stereocenters. The summed E-state index contributed by atoms with van der Waals surface area (Å²) < 4.78 is 16.8. The van der Waals surface area contributed by atoms with E-state index in [1.165, 1.54) is 24.6 Å². The number of benzene rings is 1. The lowest BCUT2D eigenvalue weighted by Crippen LogP contribution is -2.56. The fourth-order valence-electron chi connectivity index (χ4n) is 8.58. The summed E-state index contributed by atoms with van der Waals surface area (Å²) >= 11 is 0. The first kappa shape index (κ1) is 29.5. The maximum Gasteiger partial charge on any atom is 0.237 e. The van der Waals surface area contributed by atoms with E-state index >= 15 is 0 Å². The number of halogens is 1. The fourth-order valence-corrected chi connectivity index (χ4v) is 8.58. The summed E-state index contributed by atoms with van der Waals surface area (Å²) in [7, 11) is 0. The Kier molecular flexibility index (Phi) is 6.98. The van der Waals surface area contributed by atoms with Crippen molar-refractivity contribution in [3.63, 3.8) is 0 Å². The van der Waals surface area contributed by atoms with Gasteiger partial charge in [-0.3, -0.25) is 14.7 Å². The Morgan fingerprint density at radius 2 is 1.83 bits per heavy atom. The molecular weight excluding hydrogens is 577 g/mol. The van der Waals surface area contributed by atoms with Gasteiger partial charge in [0.2, 0.25) is 5.91 Å². The molecule has 8 rings (SSSR count). The second kappa shape index (κ2) is 10.9. The van der Waals surface area contributed by atoms with Gasteiger partial charge in [0.15, 0.2) is 11.6 Å². The molecule has 9 heteroatoms. The minimum absolute atomic E-state index is 0.143. The highest BCUT2D eigenvalue weighted by atomic mass is 19.1. The van der Waals surface area contributed by atoms with Crippen LogP contribution in [0.15, 0.2) is 49.1 Å². The highest BCUT2D eigenvalue weighted by Gasteiger charge is 2.55. The van der Waals surface area contributed by atoms with E-state index in [0.717, 1.165) is 79.6 Å². The second-order valence-electron chi connectivity index (χ2n) is 15.2. The normalized spacial score (nSPS) is 23.8. The highest BCUT2D eigenvalue weighted by molar-refractivity contribution is 6.09. The lowest BCUT2D eigenvalue weighted by atomic mass is 9.70. The number of anilines is 3. The van der Waals surface area contributed by atoms with Crippen molar-refractivity contribution < 1.29 is 9.18 Å². The Labute approximate surface area is 270 Å². The van der Waals surface area contributed by atoms with Gasteiger partial charge in [-0.25, -0.2) is 14.4 Å². The molecule has 3 fully saturated rings. The number of hydrogen-bond donors (Lipinski definition) is 1. The molecule has 5 heterocycles. The van der Waals surface area contributed by atoms with Gasteiger partial charge in [-0.15, -0.1) is 0 Å². The van der Waals surface area contributed by atoms with Crippen molar-refractivity contribution in [3.05, 3.63) is 60.4 Å². The van der Waals surface area contributed by atoms with Crippen LogP contribution in [0, 0.1) is 11.2 Å². The number of hydrogen-bond acceptors (Lipinski definition) is 6. The molecule has 2 aliphatic carbocycles. The van der Waals surface area contributed by atoms with Crippen LogP contribution < -0.4 is 10.2 Å². The van der Waals surface area contributed by atoms with Crippen molar-refractivity contribution in [1.82, 2.24) is 24.4 Å². The number of nitrogens with one attached hydrogen (secondary N) is 1. The Morgan fingerprint density at radius 3 is 2.54 bits per heavy atom. The van der Waals surface area contributed by atoms with E-state index in [1.807, 2.05) is 12.4 Å². The molecule has 1 spiro atoms. The molecule has 1 aromatic carbocycles. The number of nitrogens with zero attached hydrogens (tertiary/aromatic N) is 6. The Hall–Kier alpha value is -3.85. The first-order valence-electron chi connectivity index (χ1n) is 17.1. The minimum Gasteiger partial charge on any atom is -0.336 e. The zero-order valence-corrected chi connectivity index (χ0v) is 27.4. The van der Waals surface area contributed by atoms with E-state index in [9.17, 15) is 9.18 Å². The largest absolute Gasteiger partial charge is 0.336 e. The molecule has 46 heavy (non-hydrogen) atoms. The van der Waals surface area contributed by atoms with Crippen LogP contribution in [-0.2, 0) is 10.2 Å². The van der Waals surface area contributed by atoms with Crippen molar-refractivity contribution >= 4 is 34.1 Å². The maximum absolute atomic E-state index is 14.8. The number of rotatable bonds is 6. The molecule has 0 bridgehead atoms. The summed E-state index contributed by atoms with van der Waals surface area (Å²) in [5.74, 6) is 0.398. The molecule has 3 aromatic heterocycles. The van der Waals surface area contributed by atoms with Crippen LogP contribution in [0.3, 0.4) is 0 Å². The Morgan fingerprint density at radius 1 is 1.02 bits per heavy atom. The van der Waals surface area contributed by atoms with Crippen molar-refractivity contribution in [1.29, 1.82) is 0 Å². The molecule has 1 N–H and O–H groups in total. The summed E-state index contributed by atoms with van der Waals surface area (Å²) in [6, 6.07) is 11.0. The van der Waals surface area contributed by atoms with Crippen LogP contribution in [0.25, 0.3) is 22.3 Å². The molecular formula is C37H44FN7O. The average molecular weight is 622 g/mol. The van der Waals surface area contributed by atoms with Crippen LogP contribution in [0.4, 0.5) is 21.6 Å². The minimum atomic E-state index is -0.445. The first-order chi connectivity index (χ1) is 22.1. The maximum atomic E-state index is 14.8. The number of aromatic nitrogens is 4. The third-order valence-electron chi connectivity index (χ3n) is 11.2. The topological polar surface area (TPSA) is 79.2 Å². The van der Waals surface area contributed by atoms with Crippen molar-refractivity contribution in [2.75, 3.05) is 23.3 Å². The van der Waals surface area contributed by atoms with E-state index in [-0.39, 0.29) is 12.1 Å². The number of fused-ring (bicyclic) bond motifs is 3. The summed E-state index contributed by atoms with van der Waals surface area (Å²) in [6.07, 6.45) is 13.1. The van der Waals surface area contributed by atoms with E-state index in [2.05, 4.69) is 70.6 Å². The molecule has 0 atom stereocenters. The third-order valence-corrected chi connectivity index (χ3v) is 11.2. The molecule has 2 saturated carbocycles. The van der Waals surface area contributed by atoms with E-state index in [4.69, 9.17) is 9.97 Å². The Bertz CT molecular complexity index is 1820. The number of imidazole rings is 1. The molecule has 2 aliphatic heterocycles. The summed E-state index contributed by atoms with van der Waals surface area (Å²) in [5.41, 5.74) is 5.79. The molecule has 1 saturated heterocycles. The van der Waals surface area contributed by atoms with Crippen LogP contribution in [-0.4, -0.2) is 55.5 Å². The average Bonchev–Trinajstić information content (AvgIpc) is 3.68. The molecule has 4 aromatic rings. The van der Waals surface area contributed by atoms with Crippen LogP contribution >= 0.6 is 0 Å². The molecule has 1 amide bonds. The van der Waals surface area contributed by atoms with Gasteiger partial charge in [-0.1, -0.05) is 45.2 Å². The van der Waals surface area contributed by atoms with Gasteiger partial charge in [0, 0.05) is 42.1 Å². The summed E-state index contributed by atoms with van der Waals surface area (Å²) in [4.78, 5) is 33.1. The quantitative estimate of drug-likeness (QED) is 0.237. The fraction of sp³-hybridized carbons (Fsp3) is 0.514. The number of likely N-dealkylation sites (tertiary alicyclic amines) is 1. The van der Waals surface area contributed by atoms with Gasteiger partial charge in [0.1, 0.15) is 5.52 Å². The molecule has 8 nitrogen and oxygen atoms in total. The number of amides is 1. The van der Waals surface area contributed by atoms with E-state index < -0.39 is 11.2 Å². The van der Waals surface area contributed by atoms with Crippen molar-refractivity contribution in [3.8, 4) is 11.3 Å². The first-order valence-corrected chi connectivity index (χ1v) is 17.1. The zero-order chi connectivity index (χ0) is 31.8. The lowest BCUT2D eigenvalue weighted by Gasteiger charge is -2.46. The smallest absolute Gasteiger partial charge is 0.237 e. The van der Waals surface area contributed by atoms with Gasteiger partial charge in [-0.05, 0) is 81.7 Å². The number of pyridine rings is 2. The SMILES string of the molecule is CC(C)n1cnc2cc(-c3ccc4c(c3)N(C3CC(N5CCC(C)(C)C5)C3)C(=O)C43CCCCC3)nc(Nc3ccncc3F)c21. The van der Waals surface area contributed by atoms with Gasteiger partial charge in [-0.2, -0.15) is 0 Å². The Balaban J connectivity index is 1.19. The predicted octanol–water partition coefficient (Wildman–Crippen LogP) is 7.77. The van der Waals surface area contributed by atoms with E-state index in [0.29, 0.717) is 28.9 Å². The van der Waals surface area contributed by atoms with Crippen molar-refractivity contribution in [2.45, 2.75) is 103 Å². The van der Waals surface area contributed by atoms with Gasteiger partial charge in [0.25, 0.3) is 0 Å². The third kappa shape index (κ3) is 4.72. The zero-order valence-electron chi connectivity index (χ0n) is 27.4. The molecule has 4 aliphatic rings. The predicted molar refractivity (Wildman–Crippen MR) is 180 cm³/mol. The molecule has 0 radical (unpaired) electrons. The van der Waals surface area contributed by atoms with Gasteiger partial charge >= 0.3 is 0 Å².